The third kappa shape index (κ3) is 1.92. The molecule has 1 fully saturated rings. The summed E-state index contributed by atoms with van der Waals surface area (Å²) in [7, 11) is 0. The third-order valence-corrected chi connectivity index (χ3v) is 3.62. The number of nitrogens with one attached hydrogen (secondary N) is 1. The molecule has 0 saturated carbocycles. The lowest BCUT2D eigenvalue weighted by Crippen LogP contribution is -2.45. The van der Waals surface area contributed by atoms with Crippen molar-refractivity contribution in [3.63, 3.8) is 0 Å². The minimum atomic E-state index is -0.143. The van der Waals surface area contributed by atoms with Gasteiger partial charge < -0.3 is 10.2 Å². The Labute approximate surface area is 95.4 Å². The molecule has 0 spiro atoms. The molecule has 1 unspecified atom stereocenters. The van der Waals surface area contributed by atoms with Crippen LogP contribution in [0.25, 0.3) is 0 Å². The standard InChI is InChI=1S/C13H17FN2/c14-11-4-2-10-3-5-12(15-13(10)8-11)9-16-6-1-7-16/h2,4,8,12,15H,1,3,5-7,9H2. The van der Waals surface area contributed by atoms with E-state index in [4.69, 9.17) is 0 Å². The van der Waals surface area contributed by atoms with Crippen molar-refractivity contribution in [1.29, 1.82) is 0 Å². The molecule has 1 N–H and O–H groups in total. The molecule has 3 rings (SSSR count). The molecule has 2 aliphatic heterocycles. The van der Waals surface area contributed by atoms with Gasteiger partial charge >= 0.3 is 0 Å². The van der Waals surface area contributed by atoms with Crippen LogP contribution in [0.2, 0.25) is 0 Å². The summed E-state index contributed by atoms with van der Waals surface area (Å²) in [5.74, 6) is -0.143. The molecule has 0 amide bonds. The first-order chi connectivity index (χ1) is 7.81. The lowest BCUT2D eigenvalue weighted by Gasteiger charge is -2.36. The van der Waals surface area contributed by atoms with Crippen LogP contribution in [0.15, 0.2) is 18.2 Å². The Morgan fingerprint density at radius 3 is 3.00 bits per heavy atom. The Morgan fingerprint density at radius 1 is 1.38 bits per heavy atom. The second-order valence-corrected chi connectivity index (χ2v) is 4.84. The third-order valence-electron chi connectivity index (χ3n) is 3.62. The van der Waals surface area contributed by atoms with Gasteiger partial charge in [-0.2, -0.15) is 0 Å². The van der Waals surface area contributed by atoms with Crippen molar-refractivity contribution in [2.45, 2.75) is 25.3 Å². The lowest BCUT2D eigenvalue weighted by molar-refractivity contribution is 0.171. The summed E-state index contributed by atoms with van der Waals surface area (Å²) in [6.07, 6.45) is 3.56. The van der Waals surface area contributed by atoms with Gasteiger partial charge in [0.2, 0.25) is 0 Å². The largest absolute Gasteiger partial charge is 0.381 e. The summed E-state index contributed by atoms with van der Waals surface area (Å²) in [5, 5.41) is 3.46. The van der Waals surface area contributed by atoms with Crippen LogP contribution in [0.5, 0.6) is 0 Å². The highest BCUT2D eigenvalue weighted by atomic mass is 19.1. The van der Waals surface area contributed by atoms with Crippen LogP contribution in [0.3, 0.4) is 0 Å². The lowest BCUT2D eigenvalue weighted by atomic mass is 9.97. The van der Waals surface area contributed by atoms with Gasteiger partial charge in [-0.3, -0.25) is 0 Å². The number of likely N-dealkylation sites (tertiary alicyclic amines) is 1. The summed E-state index contributed by atoms with van der Waals surface area (Å²) in [5.41, 5.74) is 2.25. The number of hydrogen-bond donors (Lipinski definition) is 1. The molecule has 16 heavy (non-hydrogen) atoms. The van der Waals surface area contributed by atoms with E-state index in [1.165, 1.54) is 25.1 Å². The van der Waals surface area contributed by atoms with Gasteiger partial charge in [0.1, 0.15) is 5.82 Å². The molecule has 1 atom stereocenters. The van der Waals surface area contributed by atoms with Gasteiger partial charge in [-0.05, 0) is 50.0 Å². The van der Waals surface area contributed by atoms with Crippen LogP contribution < -0.4 is 5.32 Å². The highest BCUT2D eigenvalue weighted by Gasteiger charge is 2.22. The molecule has 1 aromatic carbocycles. The maximum absolute atomic E-state index is 13.1. The van der Waals surface area contributed by atoms with E-state index in [2.05, 4.69) is 10.2 Å². The first-order valence-corrected chi connectivity index (χ1v) is 6.08. The molecule has 2 aliphatic rings. The minimum absolute atomic E-state index is 0.143. The van der Waals surface area contributed by atoms with Crippen molar-refractivity contribution < 1.29 is 4.39 Å². The van der Waals surface area contributed by atoms with E-state index in [-0.39, 0.29) is 5.82 Å². The molecule has 86 valence electrons. The monoisotopic (exact) mass is 220 g/mol. The number of hydrogen-bond acceptors (Lipinski definition) is 2. The van der Waals surface area contributed by atoms with E-state index in [0.717, 1.165) is 25.1 Å². The van der Waals surface area contributed by atoms with E-state index >= 15 is 0 Å². The normalized spacial score (nSPS) is 24.4. The van der Waals surface area contributed by atoms with Gasteiger partial charge in [0.25, 0.3) is 0 Å². The predicted molar refractivity (Wildman–Crippen MR) is 63.2 cm³/mol. The quantitative estimate of drug-likeness (QED) is 0.822. The summed E-state index contributed by atoms with van der Waals surface area (Å²) in [4.78, 5) is 2.46. The molecule has 2 heterocycles. The molecule has 1 aromatic rings. The van der Waals surface area contributed by atoms with Crippen molar-refractivity contribution in [3.8, 4) is 0 Å². The van der Waals surface area contributed by atoms with E-state index in [0.29, 0.717) is 6.04 Å². The van der Waals surface area contributed by atoms with Crippen LogP contribution in [0.4, 0.5) is 10.1 Å². The molecule has 0 aromatic heterocycles. The maximum Gasteiger partial charge on any atom is 0.125 e. The van der Waals surface area contributed by atoms with Crippen molar-refractivity contribution in [3.05, 3.63) is 29.6 Å². The van der Waals surface area contributed by atoms with Crippen molar-refractivity contribution in [2.24, 2.45) is 0 Å². The van der Waals surface area contributed by atoms with E-state index in [1.54, 1.807) is 12.1 Å². The van der Waals surface area contributed by atoms with Gasteiger partial charge in [-0.1, -0.05) is 6.07 Å². The van der Waals surface area contributed by atoms with E-state index < -0.39 is 0 Å². The Kier molecular flexibility index (Phi) is 2.56. The van der Waals surface area contributed by atoms with Crippen molar-refractivity contribution in [2.75, 3.05) is 25.0 Å². The molecule has 0 bridgehead atoms. The summed E-state index contributed by atoms with van der Waals surface area (Å²) in [6.45, 7) is 3.57. The van der Waals surface area contributed by atoms with Crippen LogP contribution >= 0.6 is 0 Å². The van der Waals surface area contributed by atoms with Crippen LogP contribution in [-0.2, 0) is 6.42 Å². The molecule has 1 saturated heterocycles. The maximum atomic E-state index is 13.1. The van der Waals surface area contributed by atoms with Gasteiger partial charge in [0.05, 0.1) is 0 Å². The second kappa shape index (κ2) is 4.06. The fraction of sp³-hybridized carbons (Fsp3) is 0.538. The van der Waals surface area contributed by atoms with Crippen LogP contribution in [-0.4, -0.2) is 30.6 Å². The van der Waals surface area contributed by atoms with Gasteiger partial charge in [-0.25, -0.2) is 4.39 Å². The number of benzene rings is 1. The number of rotatable bonds is 2. The highest BCUT2D eigenvalue weighted by Crippen LogP contribution is 2.26. The molecule has 0 aliphatic carbocycles. The van der Waals surface area contributed by atoms with Gasteiger partial charge in [0.15, 0.2) is 0 Å². The SMILES string of the molecule is Fc1ccc2c(c1)NC(CN1CCC1)CC2. The number of anilines is 1. The summed E-state index contributed by atoms with van der Waals surface area (Å²) in [6, 6.07) is 5.57. The number of fused-ring (bicyclic) bond motifs is 1. The van der Waals surface area contributed by atoms with Crippen molar-refractivity contribution >= 4 is 5.69 Å². The average molecular weight is 220 g/mol. The number of aryl methyl sites for hydroxylation is 1. The fourth-order valence-electron chi connectivity index (χ4n) is 2.54. The highest BCUT2D eigenvalue weighted by molar-refractivity contribution is 5.54. The predicted octanol–water partition coefficient (Wildman–Crippen LogP) is 2.26. The van der Waals surface area contributed by atoms with Crippen molar-refractivity contribution in [1.82, 2.24) is 4.90 Å². The second-order valence-electron chi connectivity index (χ2n) is 4.84. The Hall–Kier alpha value is -1.09. The molecule has 2 nitrogen and oxygen atoms in total. The average Bonchev–Trinajstić information content (AvgIpc) is 2.23. The Bertz CT molecular complexity index is 388. The molecule has 3 heteroatoms. The zero-order valence-corrected chi connectivity index (χ0v) is 9.38. The summed E-state index contributed by atoms with van der Waals surface area (Å²) >= 11 is 0. The smallest absolute Gasteiger partial charge is 0.125 e. The van der Waals surface area contributed by atoms with Crippen LogP contribution in [0.1, 0.15) is 18.4 Å². The molecule has 0 radical (unpaired) electrons. The van der Waals surface area contributed by atoms with E-state index in [1.807, 2.05) is 6.07 Å². The molecular formula is C13H17FN2. The first-order valence-electron chi connectivity index (χ1n) is 6.08. The van der Waals surface area contributed by atoms with Gasteiger partial charge in [-0.15, -0.1) is 0 Å². The topological polar surface area (TPSA) is 15.3 Å². The van der Waals surface area contributed by atoms with E-state index in [9.17, 15) is 4.39 Å². The zero-order valence-electron chi connectivity index (χ0n) is 9.38. The number of nitrogens with zero attached hydrogens (tertiary/aromatic N) is 1. The van der Waals surface area contributed by atoms with Gasteiger partial charge in [0, 0.05) is 18.3 Å². The fourth-order valence-corrected chi connectivity index (χ4v) is 2.54. The number of halogens is 1. The summed E-state index contributed by atoms with van der Waals surface area (Å²) < 4.78 is 13.1. The first kappa shape index (κ1) is 10.1. The van der Waals surface area contributed by atoms with Crippen LogP contribution in [0, 0.1) is 5.82 Å². The minimum Gasteiger partial charge on any atom is -0.381 e. The Morgan fingerprint density at radius 2 is 2.25 bits per heavy atom. The Balaban J connectivity index is 1.69. The molecular weight excluding hydrogens is 203 g/mol. The zero-order chi connectivity index (χ0) is 11.0.